The standard InChI is InChI=1S/C9H11Cl3N2O2S/c10-9(11,12)17-14-6(15)8(13-7(14)16)4-2-1-3-5-8/h1-5H2,(H,13,16). The molecule has 0 aromatic heterocycles. The van der Waals surface area contributed by atoms with Crippen LogP contribution in [0.3, 0.4) is 0 Å². The van der Waals surface area contributed by atoms with Crippen molar-refractivity contribution in [2.45, 2.75) is 40.8 Å². The molecule has 2 rings (SSSR count). The molecule has 17 heavy (non-hydrogen) atoms. The second kappa shape index (κ2) is 4.68. The summed E-state index contributed by atoms with van der Waals surface area (Å²) in [6.45, 7) is 0. The Balaban J connectivity index is 2.16. The van der Waals surface area contributed by atoms with Crippen LogP contribution >= 0.6 is 46.8 Å². The predicted molar refractivity (Wildman–Crippen MR) is 69.1 cm³/mol. The van der Waals surface area contributed by atoms with E-state index >= 15 is 0 Å². The van der Waals surface area contributed by atoms with Gasteiger partial charge < -0.3 is 5.32 Å². The number of carbonyl (C=O) groups excluding carboxylic acids is 2. The number of nitrogens with zero attached hydrogens (tertiary/aromatic N) is 1. The number of urea groups is 1. The van der Waals surface area contributed by atoms with Crippen LogP contribution in [-0.2, 0) is 4.79 Å². The van der Waals surface area contributed by atoms with Gasteiger partial charge in [0.25, 0.3) is 9.03 Å². The van der Waals surface area contributed by atoms with Crippen LogP contribution in [0.2, 0.25) is 0 Å². The second-order valence-corrected chi connectivity index (χ2v) is 8.32. The van der Waals surface area contributed by atoms with E-state index < -0.39 is 14.7 Å². The number of hydrogen-bond acceptors (Lipinski definition) is 3. The van der Waals surface area contributed by atoms with Crippen LogP contribution in [0.15, 0.2) is 0 Å². The van der Waals surface area contributed by atoms with Crippen LogP contribution in [-0.4, -0.2) is 24.9 Å². The summed E-state index contributed by atoms with van der Waals surface area (Å²) in [5.74, 6) is -0.293. The van der Waals surface area contributed by atoms with Gasteiger partial charge in [-0.3, -0.25) is 4.79 Å². The van der Waals surface area contributed by atoms with Gasteiger partial charge in [0.15, 0.2) is 0 Å². The third-order valence-electron chi connectivity index (χ3n) is 3.03. The molecule has 0 aromatic carbocycles. The smallest absolute Gasteiger partial charge is 0.322 e. The molecular formula is C9H11Cl3N2O2S. The first kappa shape index (κ1) is 13.6. The minimum Gasteiger partial charge on any atom is -0.322 e. The molecule has 2 fully saturated rings. The number of imide groups is 1. The molecule has 1 saturated carbocycles. The zero-order valence-corrected chi connectivity index (χ0v) is 11.9. The third kappa shape index (κ3) is 2.78. The van der Waals surface area contributed by atoms with Crippen molar-refractivity contribution in [2.75, 3.05) is 0 Å². The Kier molecular flexibility index (Phi) is 3.74. The lowest BCUT2D eigenvalue weighted by Gasteiger charge is -2.30. The summed E-state index contributed by atoms with van der Waals surface area (Å²) in [5, 5.41) is 2.73. The maximum absolute atomic E-state index is 12.2. The average molecular weight is 318 g/mol. The maximum Gasteiger partial charge on any atom is 0.335 e. The minimum atomic E-state index is -1.72. The van der Waals surface area contributed by atoms with E-state index in [0.717, 1.165) is 23.6 Å². The number of hydrogen-bond donors (Lipinski definition) is 1. The Labute approximate surface area is 118 Å². The first-order valence-corrected chi connectivity index (χ1v) is 7.17. The Morgan fingerprint density at radius 2 is 1.76 bits per heavy atom. The molecule has 1 aliphatic heterocycles. The number of nitrogens with one attached hydrogen (secondary N) is 1. The van der Waals surface area contributed by atoms with Crippen LogP contribution in [0.1, 0.15) is 32.1 Å². The predicted octanol–water partition coefficient (Wildman–Crippen LogP) is 3.22. The van der Waals surface area contributed by atoms with E-state index in [4.69, 9.17) is 34.8 Å². The van der Waals surface area contributed by atoms with E-state index in [1.54, 1.807) is 0 Å². The lowest BCUT2D eigenvalue weighted by Crippen LogP contribution is -2.48. The second-order valence-electron chi connectivity index (χ2n) is 4.21. The van der Waals surface area contributed by atoms with Crippen molar-refractivity contribution in [3.63, 3.8) is 0 Å². The molecule has 8 heteroatoms. The molecule has 96 valence electrons. The van der Waals surface area contributed by atoms with Gasteiger partial charge in [0.2, 0.25) is 0 Å². The molecule has 1 aliphatic carbocycles. The number of amides is 3. The largest absolute Gasteiger partial charge is 0.335 e. The molecule has 0 bridgehead atoms. The zero-order chi connectivity index (χ0) is 12.7. The summed E-state index contributed by atoms with van der Waals surface area (Å²) in [4.78, 5) is 23.9. The van der Waals surface area contributed by atoms with Crippen molar-refractivity contribution in [1.82, 2.24) is 9.62 Å². The van der Waals surface area contributed by atoms with Gasteiger partial charge in [0.05, 0.1) is 0 Å². The van der Waals surface area contributed by atoms with Crippen molar-refractivity contribution >= 4 is 58.7 Å². The van der Waals surface area contributed by atoms with Crippen LogP contribution in [0.25, 0.3) is 0 Å². The van der Waals surface area contributed by atoms with E-state index in [-0.39, 0.29) is 5.91 Å². The monoisotopic (exact) mass is 316 g/mol. The summed E-state index contributed by atoms with van der Waals surface area (Å²) in [6.07, 6.45) is 4.27. The van der Waals surface area contributed by atoms with Gasteiger partial charge >= 0.3 is 6.03 Å². The first-order valence-electron chi connectivity index (χ1n) is 5.27. The molecule has 3 amide bonds. The third-order valence-corrected chi connectivity index (χ3v) is 4.37. The van der Waals surface area contributed by atoms with E-state index in [0.29, 0.717) is 24.8 Å². The van der Waals surface area contributed by atoms with E-state index in [1.165, 1.54) is 0 Å². The topological polar surface area (TPSA) is 49.4 Å². The summed E-state index contributed by atoms with van der Waals surface area (Å²) < 4.78 is -0.786. The molecule has 1 N–H and O–H groups in total. The summed E-state index contributed by atoms with van der Waals surface area (Å²) >= 11 is 17.4. The van der Waals surface area contributed by atoms with E-state index in [2.05, 4.69) is 5.32 Å². The normalized spacial score (nSPS) is 24.3. The van der Waals surface area contributed by atoms with Gasteiger partial charge in [-0.15, -0.1) is 0 Å². The molecule has 1 heterocycles. The van der Waals surface area contributed by atoms with Crippen LogP contribution < -0.4 is 5.32 Å². The lowest BCUT2D eigenvalue weighted by atomic mass is 9.82. The highest BCUT2D eigenvalue weighted by molar-refractivity contribution is 8.03. The maximum atomic E-state index is 12.2. The Morgan fingerprint density at radius 1 is 1.18 bits per heavy atom. The van der Waals surface area contributed by atoms with Crippen molar-refractivity contribution < 1.29 is 9.59 Å². The minimum absolute atomic E-state index is 0.293. The number of rotatable bonds is 1. The molecular weight excluding hydrogens is 307 g/mol. The fourth-order valence-electron chi connectivity index (χ4n) is 2.28. The van der Waals surface area contributed by atoms with Crippen molar-refractivity contribution in [2.24, 2.45) is 0 Å². The van der Waals surface area contributed by atoms with E-state index in [1.807, 2.05) is 0 Å². The van der Waals surface area contributed by atoms with E-state index in [9.17, 15) is 9.59 Å². The van der Waals surface area contributed by atoms with Gasteiger partial charge in [0.1, 0.15) is 5.54 Å². The van der Waals surface area contributed by atoms with Gasteiger partial charge in [-0.2, -0.15) is 4.31 Å². The molecule has 0 unspecified atom stereocenters. The summed E-state index contributed by atoms with van der Waals surface area (Å²) in [5.41, 5.74) is -0.766. The summed E-state index contributed by atoms with van der Waals surface area (Å²) in [6, 6.07) is -0.492. The van der Waals surface area contributed by atoms with Crippen LogP contribution in [0.4, 0.5) is 4.79 Å². The van der Waals surface area contributed by atoms with Crippen LogP contribution in [0, 0.1) is 0 Å². The van der Waals surface area contributed by atoms with Gasteiger partial charge in [-0.25, -0.2) is 4.79 Å². The van der Waals surface area contributed by atoms with Gasteiger partial charge in [0, 0.05) is 11.9 Å². The van der Waals surface area contributed by atoms with Crippen molar-refractivity contribution in [3.8, 4) is 0 Å². The SMILES string of the molecule is O=C1NC2(CCCCC2)C(=O)N1SC(Cl)(Cl)Cl. The molecule has 0 aromatic rings. The Morgan fingerprint density at radius 3 is 2.29 bits per heavy atom. The Hall–Kier alpha value is 0.160. The number of halogens is 3. The zero-order valence-electron chi connectivity index (χ0n) is 8.84. The highest BCUT2D eigenvalue weighted by atomic mass is 35.6. The van der Waals surface area contributed by atoms with Crippen molar-refractivity contribution in [3.05, 3.63) is 0 Å². The highest BCUT2D eigenvalue weighted by Crippen LogP contribution is 2.45. The average Bonchev–Trinajstić information content (AvgIpc) is 2.43. The highest BCUT2D eigenvalue weighted by Gasteiger charge is 2.53. The Bertz CT molecular complexity index is 353. The summed E-state index contributed by atoms with van der Waals surface area (Å²) in [7, 11) is 0. The molecule has 2 aliphatic rings. The number of alkyl halides is 3. The van der Waals surface area contributed by atoms with Gasteiger partial charge in [-0.05, 0) is 12.8 Å². The van der Waals surface area contributed by atoms with Gasteiger partial charge in [-0.1, -0.05) is 54.1 Å². The lowest BCUT2D eigenvalue weighted by molar-refractivity contribution is -0.128. The first-order chi connectivity index (χ1) is 7.84. The molecule has 4 nitrogen and oxygen atoms in total. The molecule has 0 radical (unpaired) electrons. The molecule has 0 atom stereocenters. The number of carbonyl (C=O) groups is 2. The fraction of sp³-hybridized carbons (Fsp3) is 0.778. The molecule has 1 spiro atoms. The molecule has 1 saturated heterocycles. The fourth-order valence-corrected chi connectivity index (χ4v) is 3.49. The van der Waals surface area contributed by atoms with Crippen LogP contribution in [0.5, 0.6) is 0 Å². The van der Waals surface area contributed by atoms with Crippen molar-refractivity contribution in [1.29, 1.82) is 0 Å². The quantitative estimate of drug-likeness (QED) is 0.459.